The lowest BCUT2D eigenvalue weighted by Gasteiger charge is -2.26. The van der Waals surface area contributed by atoms with Crippen LogP contribution in [0.1, 0.15) is 13.8 Å². The quantitative estimate of drug-likeness (QED) is 0.823. The molecule has 0 aliphatic carbocycles. The van der Waals surface area contributed by atoms with Crippen molar-refractivity contribution in [2.45, 2.75) is 19.9 Å². The zero-order chi connectivity index (χ0) is 11.6. The Labute approximate surface area is 95.7 Å². The molecule has 0 saturated heterocycles. The van der Waals surface area contributed by atoms with Crippen LogP contribution in [-0.4, -0.2) is 20.7 Å². The molecule has 15 heavy (non-hydrogen) atoms. The second kappa shape index (κ2) is 4.41. The van der Waals surface area contributed by atoms with Gasteiger partial charge in [0.05, 0.1) is 11.9 Å². The van der Waals surface area contributed by atoms with Crippen LogP contribution < -0.4 is 4.31 Å². The molecule has 0 atom stereocenters. The van der Waals surface area contributed by atoms with Gasteiger partial charge in [-0.05, 0) is 38.1 Å². The molecular formula is C10H14ClNO2S. The van der Waals surface area contributed by atoms with Gasteiger partial charge in [-0.25, -0.2) is 8.42 Å². The van der Waals surface area contributed by atoms with Gasteiger partial charge in [-0.15, -0.1) is 0 Å². The van der Waals surface area contributed by atoms with E-state index in [1.54, 1.807) is 24.3 Å². The Kier molecular flexibility index (Phi) is 3.62. The van der Waals surface area contributed by atoms with Gasteiger partial charge in [-0.3, -0.25) is 4.31 Å². The standard InChI is InChI=1S/C10H14ClNO2S/c1-8(2)12(15(3,13)14)10-6-4-9(11)5-7-10/h4-8H,1-3H3. The van der Waals surface area contributed by atoms with Gasteiger partial charge in [-0.2, -0.15) is 0 Å². The van der Waals surface area contributed by atoms with Crippen LogP contribution in [0.2, 0.25) is 5.02 Å². The maximum absolute atomic E-state index is 11.6. The maximum Gasteiger partial charge on any atom is 0.232 e. The Morgan fingerprint density at radius 1 is 1.20 bits per heavy atom. The largest absolute Gasteiger partial charge is 0.268 e. The zero-order valence-corrected chi connectivity index (χ0v) is 10.5. The van der Waals surface area contributed by atoms with Gasteiger partial charge in [0, 0.05) is 11.1 Å². The van der Waals surface area contributed by atoms with Gasteiger partial charge in [0.15, 0.2) is 0 Å². The Balaban J connectivity index is 3.17. The molecule has 0 fully saturated rings. The molecule has 0 radical (unpaired) electrons. The number of hydrogen-bond donors (Lipinski definition) is 0. The summed E-state index contributed by atoms with van der Waals surface area (Å²) in [5, 5.41) is 0.593. The van der Waals surface area contributed by atoms with Crippen molar-refractivity contribution in [2.75, 3.05) is 10.6 Å². The third-order valence-corrected chi connectivity index (χ3v) is 3.51. The summed E-state index contributed by atoms with van der Waals surface area (Å²) in [5.41, 5.74) is 0.636. The molecule has 3 nitrogen and oxygen atoms in total. The summed E-state index contributed by atoms with van der Waals surface area (Å²) in [6.07, 6.45) is 1.20. The molecule has 84 valence electrons. The van der Waals surface area contributed by atoms with Crippen LogP contribution >= 0.6 is 11.6 Å². The molecule has 0 heterocycles. The van der Waals surface area contributed by atoms with Gasteiger partial charge in [0.2, 0.25) is 10.0 Å². The fraction of sp³-hybridized carbons (Fsp3) is 0.400. The van der Waals surface area contributed by atoms with E-state index in [1.165, 1.54) is 10.6 Å². The van der Waals surface area contributed by atoms with Crippen molar-refractivity contribution < 1.29 is 8.42 Å². The summed E-state index contributed by atoms with van der Waals surface area (Å²) < 4.78 is 24.5. The van der Waals surface area contributed by atoms with Crippen molar-refractivity contribution in [3.8, 4) is 0 Å². The lowest BCUT2D eigenvalue weighted by molar-refractivity contribution is 0.590. The van der Waals surface area contributed by atoms with E-state index >= 15 is 0 Å². The number of rotatable bonds is 3. The third-order valence-electron chi connectivity index (χ3n) is 1.91. The molecule has 0 bridgehead atoms. The zero-order valence-electron chi connectivity index (χ0n) is 8.94. The first kappa shape index (κ1) is 12.3. The second-order valence-corrected chi connectivity index (χ2v) is 5.92. The van der Waals surface area contributed by atoms with Gasteiger partial charge >= 0.3 is 0 Å². The summed E-state index contributed by atoms with van der Waals surface area (Å²) in [7, 11) is -3.24. The molecule has 1 aromatic rings. The second-order valence-electron chi connectivity index (χ2n) is 3.63. The Hall–Kier alpha value is -0.740. The topological polar surface area (TPSA) is 37.4 Å². The molecule has 5 heteroatoms. The highest BCUT2D eigenvalue weighted by Crippen LogP contribution is 2.22. The van der Waals surface area contributed by atoms with E-state index in [4.69, 9.17) is 11.6 Å². The molecule has 0 saturated carbocycles. The molecule has 0 amide bonds. The predicted molar refractivity (Wildman–Crippen MR) is 63.9 cm³/mol. The van der Waals surface area contributed by atoms with Crippen LogP contribution in [0.15, 0.2) is 24.3 Å². The van der Waals surface area contributed by atoms with E-state index in [2.05, 4.69) is 0 Å². The van der Waals surface area contributed by atoms with Crippen molar-refractivity contribution in [1.29, 1.82) is 0 Å². The highest BCUT2D eigenvalue weighted by molar-refractivity contribution is 7.92. The Morgan fingerprint density at radius 2 is 1.67 bits per heavy atom. The smallest absolute Gasteiger partial charge is 0.232 e. The fourth-order valence-corrected chi connectivity index (χ4v) is 2.86. The summed E-state index contributed by atoms with van der Waals surface area (Å²) in [4.78, 5) is 0. The minimum atomic E-state index is -3.24. The Bertz CT molecular complexity index is 425. The van der Waals surface area contributed by atoms with E-state index in [0.717, 1.165) is 0 Å². The highest BCUT2D eigenvalue weighted by atomic mass is 35.5. The number of anilines is 1. The van der Waals surface area contributed by atoms with Crippen LogP contribution in [0.5, 0.6) is 0 Å². The lowest BCUT2D eigenvalue weighted by atomic mass is 10.3. The van der Waals surface area contributed by atoms with Crippen molar-refractivity contribution in [2.24, 2.45) is 0 Å². The summed E-state index contributed by atoms with van der Waals surface area (Å²) in [6, 6.07) is 6.64. The first-order valence-electron chi connectivity index (χ1n) is 4.57. The minimum Gasteiger partial charge on any atom is -0.268 e. The molecule has 1 aromatic carbocycles. The van der Waals surface area contributed by atoms with Gasteiger partial charge in [0.1, 0.15) is 0 Å². The van der Waals surface area contributed by atoms with Crippen LogP contribution in [0.4, 0.5) is 5.69 Å². The number of halogens is 1. The van der Waals surface area contributed by atoms with Crippen molar-refractivity contribution in [3.63, 3.8) is 0 Å². The highest BCUT2D eigenvalue weighted by Gasteiger charge is 2.20. The van der Waals surface area contributed by atoms with Gasteiger partial charge in [-0.1, -0.05) is 11.6 Å². The Morgan fingerprint density at radius 3 is 2.00 bits per heavy atom. The van der Waals surface area contributed by atoms with Gasteiger partial charge < -0.3 is 0 Å². The summed E-state index contributed by atoms with van der Waals surface area (Å²) in [5.74, 6) is 0. The summed E-state index contributed by atoms with van der Waals surface area (Å²) in [6.45, 7) is 3.66. The molecule has 0 aliphatic heterocycles. The number of nitrogens with zero attached hydrogens (tertiary/aromatic N) is 1. The van der Waals surface area contributed by atoms with E-state index in [-0.39, 0.29) is 6.04 Å². The van der Waals surface area contributed by atoms with Crippen LogP contribution in [0.3, 0.4) is 0 Å². The SMILES string of the molecule is CC(C)N(c1ccc(Cl)cc1)S(C)(=O)=O. The molecule has 0 unspecified atom stereocenters. The number of sulfonamides is 1. The molecule has 0 N–H and O–H groups in total. The number of hydrogen-bond acceptors (Lipinski definition) is 2. The molecule has 0 spiro atoms. The van der Waals surface area contributed by atoms with Crippen molar-refractivity contribution in [1.82, 2.24) is 0 Å². The normalized spacial score (nSPS) is 11.8. The third kappa shape index (κ3) is 3.11. The van der Waals surface area contributed by atoms with Crippen molar-refractivity contribution in [3.05, 3.63) is 29.3 Å². The molecular weight excluding hydrogens is 234 g/mol. The van der Waals surface area contributed by atoms with E-state index in [9.17, 15) is 8.42 Å². The van der Waals surface area contributed by atoms with Crippen LogP contribution in [0.25, 0.3) is 0 Å². The average molecular weight is 248 g/mol. The van der Waals surface area contributed by atoms with E-state index in [1.807, 2.05) is 13.8 Å². The average Bonchev–Trinajstić information content (AvgIpc) is 2.05. The predicted octanol–water partition coefficient (Wildman–Crippen LogP) is 2.51. The van der Waals surface area contributed by atoms with Crippen LogP contribution in [-0.2, 0) is 10.0 Å². The first-order chi connectivity index (χ1) is 6.82. The maximum atomic E-state index is 11.6. The lowest BCUT2D eigenvalue weighted by Crippen LogP contribution is -2.35. The number of benzene rings is 1. The molecule has 0 aliphatic rings. The van der Waals surface area contributed by atoms with Crippen molar-refractivity contribution >= 4 is 27.3 Å². The minimum absolute atomic E-state index is 0.110. The molecule has 1 rings (SSSR count). The fourth-order valence-electron chi connectivity index (χ4n) is 1.46. The van der Waals surface area contributed by atoms with E-state index in [0.29, 0.717) is 10.7 Å². The van der Waals surface area contributed by atoms with Crippen LogP contribution in [0, 0.1) is 0 Å². The summed E-state index contributed by atoms with van der Waals surface area (Å²) >= 11 is 5.74. The van der Waals surface area contributed by atoms with Gasteiger partial charge in [0.25, 0.3) is 0 Å². The van der Waals surface area contributed by atoms with E-state index < -0.39 is 10.0 Å². The first-order valence-corrected chi connectivity index (χ1v) is 6.80. The molecule has 0 aromatic heterocycles. The monoisotopic (exact) mass is 247 g/mol.